The van der Waals surface area contributed by atoms with E-state index in [1.54, 1.807) is 6.08 Å². The first-order valence-corrected chi connectivity index (χ1v) is 15.8. The third-order valence-electron chi connectivity index (χ3n) is 8.18. The second-order valence-corrected chi connectivity index (χ2v) is 12.5. The molecule has 2 N–H and O–H groups in total. The molecule has 1 aliphatic rings. The van der Waals surface area contributed by atoms with Crippen LogP contribution >= 0.6 is 0 Å². The maximum Gasteiger partial charge on any atom is 0.228 e. The third-order valence-corrected chi connectivity index (χ3v) is 8.18. The van der Waals surface area contributed by atoms with E-state index in [9.17, 15) is 9.59 Å². The van der Waals surface area contributed by atoms with Crippen molar-refractivity contribution in [1.82, 2.24) is 0 Å². The summed E-state index contributed by atoms with van der Waals surface area (Å²) in [7, 11) is 0. The highest BCUT2D eigenvalue weighted by Gasteiger charge is 2.26. The molecule has 0 aromatic carbocycles. The van der Waals surface area contributed by atoms with Crippen LogP contribution in [0.1, 0.15) is 144 Å². The second-order valence-electron chi connectivity index (χ2n) is 12.5. The van der Waals surface area contributed by atoms with Gasteiger partial charge in [0.25, 0.3) is 0 Å². The van der Waals surface area contributed by atoms with Crippen molar-refractivity contribution in [3.8, 4) is 0 Å². The number of nitrogens with two attached hydrogens (primary N) is 1. The topological polar surface area (TPSA) is 60.2 Å². The van der Waals surface area contributed by atoms with E-state index in [1.807, 2.05) is 19.1 Å². The predicted octanol–water partition coefficient (Wildman–Crippen LogP) is 10.3. The van der Waals surface area contributed by atoms with E-state index in [2.05, 4.69) is 52.8 Å². The zero-order valence-electron chi connectivity index (χ0n) is 26.2. The Hall–Kier alpha value is -2.16. The number of amides is 1. The number of hydrogen-bond acceptors (Lipinski definition) is 2. The maximum atomic E-state index is 12.8. The molecule has 3 heteroatoms. The van der Waals surface area contributed by atoms with Crippen LogP contribution in [-0.4, -0.2) is 11.7 Å². The van der Waals surface area contributed by atoms with Crippen LogP contribution in [0.15, 0.2) is 58.7 Å². The molecule has 0 radical (unpaired) electrons. The Morgan fingerprint density at radius 3 is 1.97 bits per heavy atom. The van der Waals surface area contributed by atoms with Crippen molar-refractivity contribution >= 4 is 11.7 Å². The van der Waals surface area contributed by atoms with E-state index in [0.29, 0.717) is 6.42 Å². The van der Waals surface area contributed by atoms with Gasteiger partial charge in [-0.15, -0.1) is 0 Å². The van der Waals surface area contributed by atoms with Gasteiger partial charge in [-0.3, -0.25) is 9.59 Å². The molecule has 1 aliphatic carbocycles. The number of rotatable bonds is 20. The summed E-state index contributed by atoms with van der Waals surface area (Å²) in [5, 5.41) is 0. The lowest BCUT2D eigenvalue weighted by atomic mass is 9.72. The fraction of sp³-hybridized carbons (Fsp3) is 0.667. The summed E-state index contributed by atoms with van der Waals surface area (Å²) in [4.78, 5) is 24.7. The van der Waals surface area contributed by atoms with Gasteiger partial charge in [0.15, 0.2) is 5.78 Å². The fourth-order valence-electron chi connectivity index (χ4n) is 5.62. The average molecular weight is 538 g/mol. The Kier molecular flexibility index (Phi) is 17.7. The van der Waals surface area contributed by atoms with Crippen molar-refractivity contribution in [3.05, 3.63) is 58.7 Å². The van der Waals surface area contributed by atoms with E-state index < -0.39 is 11.8 Å². The monoisotopic (exact) mass is 537 g/mol. The fourth-order valence-corrected chi connectivity index (χ4v) is 5.62. The van der Waals surface area contributed by atoms with Gasteiger partial charge in [0.1, 0.15) is 5.92 Å². The lowest BCUT2D eigenvalue weighted by Crippen LogP contribution is -2.29. The molecule has 0 fully saturated rings. The molecular formula is C36H59NO2. The highest BCUT2D eigenvalue weighted by molar-refractivity contribution is 6.06. The van der Waals surface area contributed by atoms with Crippen LogP contribution in [0.4, 0.5) is 0 Å². The van der Waals surface area contributed by atoms with Gasteiger partial charge in [0, 0.05) is 0 Å². The zero-order valence-corrected chi connectivity index (χ0v) is 26.2. The van der Waals surface area contributed by atoms with E-state index >= 15 is 0 Å². The number of hydrogen-bond donors (Lipinski definition) is 1. The summed E-state index contributed by atoms with van der Waals surface area (Å²) < 4.78 is 0. The Bertz CT molecular complexity index is 897. The molecule has 0 aromatic heterocycles. The van der Waals surface area contributed by atoms with E-state index in [4.69, 9.17) is 5.73 Å². The highest BCUT2D eigenvalue weighted by Crippen LogP contribution is 2.40. The highest BCUT2D eigenvalue weighted by atomic mass is 16.2. The SMILES string of the molecule is CCCCCCCCCCCCCCC(C(N)=O)C(=O)/C=C(C)/C=C/C=C(C)/C=C/C1=C(C)CCCC1(C)C. The summed E-state index contributed by atoms with van der Waals surface area (Å²) in [6.45, 7) is 13.2. The Balaban J connectivity index is 2.44. The largest absolute Gasteiger partial charge is 0.369 e. The number of ketones is 1. The van der Waals surface area contributed by atoms with Gasteiger partial charge in [-0.2, -0.15) is 0 Å². The zero-order chi connectivity index (χ0) is 29.1. The van der Waals surface area contributed by atoms with Crippen LogP contribution in [-0.2, 0) is 9.59 Å². The average Bonchev–Trinajstić information content (AvgIpc) is 2.85. The molecule has 0 heterocycles. The number of allylic oxidation sites excluding steroid dienone is 10. The number of carbonyl (C=O) groups excluding carboxylic acids is 2. The molecule has 0 spiro atoms. The summed E-state index contributed by atoms with van der Waals surface area (Å²) >= 11 is 0. The van der Waals surface area contributed by atoms with Crippen molar-refractivity contribution in [1.29, 1.82) is 0 Å². The Morgan fingerprint density at radius 1 is 0.872 bits per heavy atom. The molecule has 0 saturated heterocycles. The third kappa shape index (κ3) is 15.3. The minimum absolute atomic E-state index is 0.171. The lowest BCUT2D eigenvalue weighted by Gasteiger charge is -2.32. The van der Waals surface area contributed by atoms with Gasteiger partial charge in [-0.25, -0.2) is 0 Å². The van der Waals surface area contributed by atoms with E-state index in [-0.39, 0.29) is 11.2 Å². The van der Waals surface area contributed by atoms with Gasteiger partial charge < -0.3 is 5.73 Å². The normalized spacial score (nSPS) is 17.4. The summed E-state index contributed by atoms with van der Waals surface area (Å²) in [5.41, 5.74) is 10.8. The van der Waals surface area contributed by atoms with Crippen molar-refractivity contribution in [2.75, 3.05) is 0 Å². The summed E-state index contributed by atoms with van der Waals surface area (Å²) in [6, 6.07) is 0. The first kappa shape index (κ1) is 34.9. The molecule has 0 bridgehead atoms. The number of primary amides is 1. The molecule has 1 amide bonds. The number of carbonyl (C=O) groups is 2. The Labute approximate surface area is 241 Å². The van der Waals surface area contributed by atoms with Gasteiger partial charge in [-0.1, -0.05) is 139 Å². The van der Waals surface area contributed by atoms with Crippen molar-refractivity contribution in [2.24, 2.45) is 17.1 Å². The van der Waals surface area contributed by atoms with Gasteiger partial charge in [0.2, 0.25) is 5.91 Å². The molecule has 1 rings (SSSR count). The van der Waals surface area contributed by atoms with E-state index in [0.717, 1.165) is 24.0 Å². The van der Waals surface area contributed by atoms with Crippen molar-refractivity contribution in [2.45, 2.75) is 144 Å². The quantitative estimate of drug-likeness (QED) is 0.0726. The molecule has 0 saturated carbocycles. The molecule has 1 unspecified atom stereocenters. The predicted molar refractivity (Wildman–Crippen MR) is 170 cm³/mol. The lowest BCUT2D eigenvalue weighted by molar-refractivity contribution is -0.129. The Morgan fingerprint density at radius 2 is 1.44 bits per heavy atom. The molecule has 0 aromatic rings. The molecule has 0 aliphatic heterocycles. The van der Waals surface area contributed by atoms with Crippen LogP contribution in [0.5, 0.6) is 0 Å². The van der Waals surface area contributed by atoms with Crippen LogP contribution in [0, 0.1) is 11.3 Å². The molecule has 1 atom stereocenters. The summed E-state index contributed by atoms with van der Waals surface area (Å²) in [6.07, 6.45) is 31.3. The van der Waals surface area contributed by atoms with Crippen molar-refractivity contribution < 1.29 is 9.59 Å². The van der Waals surface area contributed by atoms with Crippen LogP contribution < -0.4 is 5.73 Å². The minimum atomic E-state index is -0.716. The molecule has 39 heavy (non-hydrogen) atoms. The van der Waals surface area contributed by atoms with Gasteiger partial charge in [0.05, 0.1) is 0 Å². The first-order chi connectivity index (χ1) is 18.6. The van der Waals surface area contributed by atoms with Crippen molar-refractivity contribution in [3.63, 3.8) is 0 Å². The van der Waals surface area contributed by atoms with Gasteiger partial charge >= 0.3 is 0 Å². The smallest absolute Gasteiger partial charge is 0.228 e. The second kappa shape index (κ2) is 19.8. The van der Waals surface area contributed by atoms with E-state index in [1.165, 1.54) is 94.6 Å². The first-order valence-electron chi connectivity index (χ1n) is 15.8. The maximum absolute atomic E-state index is 12.8. The standard InChI is InChI=1S/C36H59NO2/c1-7-8-9-10-11-12-13-14-15-16-17-18-24-32(35(37)39)34(38)28-30(3)22-19-21-29(2)25-26-33-31(4)23-20-27-36(33,5)6/h19,21-22,25-26,28,32H,7-18,20,23-24,27H2,1-6H3,(H2,37,39)/b22-19+,26-25+,29-21+,30-28+. The summed E-state index contributed by atoms with van der Waals surface area (Å²) in [5.74, 6) is -1.39. The molecule has 3 nitrogen and oxygen atoms in total. The molecule has 220 valence electrons. The molecular weight excluding hydrogens is 478 g/mol. The van der Waals surface area contributed by atoms with Crippen LogP contribution in [0.2, 0.25) is 0 Å². The van der Waals surface area contributed by atoms with Crippen LogP contribution in [0.3, 0.4) is 0 Å². The minimum Gasteiger partial charge on any atom is -0.369 e. The van der Waals surface area contributed by atoms with Gasteiger partial charge in [-0.05, 0) is 69.1 Å². The number of unbranched alkanes of at least 4 members (excludes halogenated alkanes) is 11. The van der Waals surface area contributed by atoms with Crippen LogP contribution in [0.25, 0.3) is 0 Å².